The van der Waals surface area contributed by atoms with Crippen LogP contribution < -0.4 is 15.4 Å². The zero-order valence-corrected chi connectivity index (χ0v) is 19.1. The number of anilines is 4. The van der Waals surface area contributed by atoms with E-state index in [2.05, 4.69) is 20.6 Å². The molecule has 3 rings (SSSR count). The molecule has 3 aromatic rings. The summed E-state index contributed by atoms with van der Waals surface area (Å²) in [4.78, 5) is 19.7. The molecular formula is C25H29FN4O3. The number of carbonyl (C=O) groups is 1. The summed E-state index contributed by atoms with van der Waals surface area (Å²) in [7, 11) is 0. The molecule has 0 amide bonds. The first-order valence-corrected chi connectivity index (χ1v) is 11.0. The Kier molecular flexibility index (Phi) is 8.57. The van der Waals surface area contributed by atoms with Crippen LogP contribution >= 0.6 is 0 Å². The number of rotatable bonds is 11. The molecule has 0 bridgehead atoms. The summed E-state index contributed by atoms with van der Waals surface area (Å²) in [6.45, 7) is 6.11. The van der Waals surface area contributed by atoms with E-state index in [1.165, 1.54) is 0 Å². The van der Waals surface area contributed by atoms with Gasteiger partial charge in [0.2, 0.25) is 5.95 Å². The molecule has 0 aliphatic heterocycles. The van der Waals surface area contributed by atoms with E-state index in [9.17, 15) is 9.18 Å². The zero-order chi connectivity index (χ0) is 23.6. The molecule has 2 aromatic carbocycles. The highest BCUT2D eigenvalue weighted by molar-refractivity contribution is 5.69. The number of nitrogens with one attached hydrogen (secondary N) is 2. The third kappa shape index (κ3) is 7.75. The summed E-state index contributed by atoms with van der Waals surface area (Å²) in [6.07, 6.45) is 3.11. The minimum Gasteiger partial charge on any atom is -0.491 e. The normalized spacial score (nSPS) is 10.7. The molecule has 0 aliphatic carbocycles. The van der Waals surface area contributed by atoms with Crippen molar-refractivity contribution >= 4 is 29.1 Å². The van der Waals surface area contributed by atoms with Crippen molar-refractivity contribution in [1.82, 2.24) is 9.97 Å². The number of esters is 1. The van der Waals surface area contributed by atoms with Crippen molar-refractivity contribution in [3.63, 3.8) is 0 Å². The van der Waals surface area contributed by atoms with Gasteiger partial charge in [0.25, 0.3) is 0 Å². The lowest BCUT2D eigenvalue weighted by Crippen LogP contribution is -2.06. The average molecular weight is 453 g/mol. The van der Waals surface area contributed by atoms with Gasteiger partial charge in [0, 0.05) is 17.8 Å². The van der Waals surface area contributed by atoms with Crippen molar-refractivity contribution in [2.24, 2.45) is 0 Å². The second-order valence-electron chi connectivity index (χ2n) is 7.69. The number of aryl methyl sites for hydroxylation is 1. The van der Waals surface area contributed by atoms with Crippen LogP contribution in [-0.4, -0.2) is 28.6 Å². The topological polar surface area (TPSA) is 85.4 Å². The molecule has 0 radical (unpaired) electrons. The van der Waals surface area contributed by atoms with E-state index in [1.807, 2.05) is 50.2 Å². The molecule has 33 heavy (non-hydrogen) atoms. The van der Waals surface area contributed by atoms with E-state index in [0.717, 1.165) is 36.0 Å². The smallest absolute Gasteiger partial charge is 0.305 e. The standard InChI is InChI=1S/C25H29FN4O3/c1-4-32-23(31)7-5-6-18-8-10-20(11-9-18)29-25-27-16-22(26)24(30-25)28-19-12-14-21(15-13-19)33-17(2)3/h8-17H,4-7H2,1-3H3,(H2,27,28,29,30). The van der Waals surface area contributed by atoms with Crippen molar-refractivity contribution in [3.05, 3.63) is 66.1 Å². The molecule has 7 nitrogen and oxygen atoms in total. The largest absolute Gasteiger partial charge is 0.491 e. The molecule has 0 unspecified atom stereocenters. The van der Waals surface area contributed by atoms with Gasteiger partial charge >= 0.3 is 5.97 Å². The Balaban J connectivity index is 1.58. The number of carbonyl (C=O) groups excluding carboxylic acids is 1. The van der Waals surface area contributed by atoms with Crippen molar-refractivity contribution in [3.8, 4) is 5.75 Å². The fourth-order valence-corrected chi connectivity index (χ4v) is 3.09. The van der Waals surface area contributed by atoms with Crippen LogP contribution in [0.4, 0.5) is 27.5 Å². The van der Waals surface area contributed by atoms with E-state index in [1.54, 1.807) is 19.1 Å². The Morgan fingerprint density at radius 2 is 1.70 bits per heavy atom. The van der Waals surface area contributed by atoms with Gasteiger partial charge in [0.1, 0.15) is 5.75 Å². The molecule has 0 spiro atoms. The highest BCUT2D eigenvalue weighted by Gasteiger charge is 2.09. The number of aromatic nitrogens is 2. The van der Waals surface area contributed by atoms with Gasteiger partial charge < -0.3 is 20.1 Å². The Morgan fingerprint density at radius 3 is 2.36 bits per heavy atom. The first-order chi connectivity index (χ1) is 15.9. The molecule has 8 heteroatoms. The molecule has 0 saturated carbocycles. The first kappa shape index (κ1) is 24.0. The average Bonchev–Trinajstić information content (AvgIpc) is 2.78. The summed E-state index contributed by atoms with van der Waals surface area (Å²) in [5.41, 5.74) is 2.57. The highest BCUT2D eigenvalue weighted by atomic mass is 19.1. The minimum absolute atomic E-state index is 0.0700. The van der Waals surface area contributed by atoms with E-state index in [-0.39, 0.29) is 23.8 Å². The lowest BCUT2D eigenvalue weighted by Gasteiger charge is -2.12. The number of benzene rings is 2. The third-order valence-electron chi connectivity index (χ3n) is 4.59. The number of hydrogen-bond donors (Lipinski definition) is 2. The highest BCUT2D eigenvalue weighted by Crippen LogP contribution is 2.23. The van der Waals surface area contributed by atoms with Crippen LogP contribution in [0.3, 0.4) is 0 Å². The molecule has 0 aliphatic rings. The van der Waals surface area contributed by atoms with E-state index < -0.39 is 5.82 Å². The fraction of sp³-hybridized carbons (Fsp3) is 0.320. The van der Waals surface area contributed by atoms with E-state index in [4.69, 9.17) is 9.47 Å². The molecule has 0 fully saturated rings. The van der Waals surface area contributed by atoms with E-state index in [0.29, 0.717) is 18.7 Å². The molecule has 174 valence electrons. The van der Waals surface area contributed by atoms with Gasteiger partial charge in [0.05, 0.1) is 18.9 Å². The lowest BCUT2D eigenvalue weighted by molar-refractivity contribution is -0.143. The monoisotopic (exact) mass is 452 g/mol. The first-order valence-electron chi connectivity index (χ1n) is 11.0. The summed E-state index contributed by atoms with van der Waals surface area (Å²) < 4.78 is 24.8. The maximum Gasteiger partial charge on any atom is 0.305 e. The SMILES string of the molecule is CCOC(=O)CCCc1ccc(Nc2ncc(F)c(Nc3ccc(OC(C)C)cc3)n2)cc1. The maximum absolute atomic E-state index is 14.2. The quantitative estimate of drug-likeness (QED) is 0.357. The van der Waals surface area contributed by atoms with Crippen molar-refractivity contribution in [2.75, 3.05) is 17.2 Å². The number of ether oxygens (including phenoxy) is 2. The number of nitrogens with zero attached hydrogens (tertiary/aromatic N) is 2. The molecule has 0 atom stereocenters. The van der Waals surface area contributed by atoms with Crippen LogP contribution in [0.2, 0.25) is 0 Å². The van der Waals surface area contributed by atoms with Crippen LogP contribution in [0.25, 0.3) is 0 Å². The van der Waals surface area contributed by atoms with Crippen LogP contribution in [0.15, 0.2) is 54.7 Å². The molecule has 1 aromatic heterocycles. The van der Waals surface area contributed by atoms with Crippen molar-refractivity contribution in [1.29, 1.82) is 0 Å². The molecule has 0 saturated heterocycles. The summed E-state index contributed by atoms with van der Waals surface area (Å²) in [6, 6.07) is 15.0. The Morgan fingerprint density at radius 1 is 1.03 bits per heavy atom. The van der Waals surface area contributed by atoms with Gasteiger partial charge in [-0.25, -0.2) is 9.37 Å². The van der Waals surface area contributed by atoms with Crippen LogP contribution in [-0.2, 0) is 16.0 Å². The molecular weight excluding hydrogens is 423 g/mol. The summed E-state index contributed by atoms with van der Waals surface area (Å²) in [5.74, 6) is 0.355. The van der Waals surface area contributed by atoms with Gasteiger partial charge in [0.15, 0.2) is 11.6 Å². The second-order valence-corrected chi connectivity index (χ2v) is 7.69. The summed E-state index contributed by atoms with van der Waals surface area (Å²) >= 11 is 0. The third-order valence-corrected chi connectivity index (χ3v) is 4.59. The fourth-order valence-electron chi connectivity index (χ4n) is 3.09. The van der Waals surface area contributed by atoms with Crippen LogP contribution in [0.1, 0.15) is 39.2 Å². The minimum atomic E-state index is -0.556. The summed E-state index contributed by atoms with van der Waals surface area (Å²) in [5, 5.41) is 6.05. The Labute approximate surface area is 193 Å². The predicted molar refractivity (Wildman–Crippen MR) is 127 cm³/mol. The number of hydrogen-bond acceptors (Lipinski definition) is 7. The number of halogens is 1. The Bertz CT molecular complexity index is 1040. The van der Waals surface area contributed by atoms with Gasteiger partial charge in [-0.05, 0) is 75.6 Å². The molecule has 1 heterocycles. The second kappa shape index (κ2) is 11.8. The zero-order valence-electron chi connectivity index (χ0n) is 19.1. The predicted octanol–water partition coefficient (Wildman–Crippen LogP) is 5.78. The Hall–Kier alpha value is -3.68. The van der Waals surface area contributed by atoms with Crippen LogP contribution in [0.5, 0.6) is 5.75 Å². The maximum atomic E-state index is 14.2. The van der Waals surface area contributed by atoms with Gasteiger partial charge in [-0.3, -0.25) is 4.79 Å². The van der Waals surface area contributed by atoms with Gasteiger partial charge in [-0.1, -0.05) is 12.1 Å². The van der Waals surface area contributed by atoms with Gasteiger partial charge in [-0.2, -0.15) is 4.98 Å². The lowest BCUT2D eigenvalue weighted by atomic mass is 10.1. The van der Waals surface area contributed by atoms with Crippen LogP contribution in [0, 0.1) is 5.82 Å². The van der Waals surface area contributed by atoms with Gasteiger partial charge in [-0.15, -0.1) is 0 Å². The van der Waals surface area contributed by atoms with Crippen molar-refractivity contribution in [2.45, 2.75) is 46.1 Å². The molecule has 2 N–H and O–H groups in total. The van der Waals surface area contributed by atoms with Crippen molar-refractivity contribution < 1.29 is 18.7 Å². The van der Waals surface area contributed by atoms with E-state index >= 15 is 0 Å².